The Morgan fingerprint density at radius 2 is 1.80 bits per heavy atom. The lowest BCUT2D eigenvalue weighted by atomic mass is 9.99. The zero-order chi connectivity index (χ0) is 17.5. The Morgan fingerprint density at radius 3 is 2.52 bits per heavy atom. The SMILES string of the molecule is CCCCNc1cc(Nc2ccc(N3CCC(C)CC3)cc2)ncn1. The smallest absolute Gasteiger partial charge is 0.135 e. The molecular formula is C20H29N5. The molecule has 0 spiro atoms. The van der Waals surface area contributed by atoms with E-state index in [-0.39, 0.29) is 0 Å². The third-order valence-electron chi connectivity index (χ3n) is 4.79. The summed E-state index contributed by atoms with van der Waals surface area (Å²) in [7, 11) is 0. The van der Waals surface area contributed by atoms with Crippen molar-refractivity contribution in [2.24, 2.45) is 5.92 Å². The molecule has 134 valence electrons. The second kappa shape index (κ2) is 8.70. The molecule has 1 aliphatic rings. The summed E-state index contributed by atoms with van der Waals surface area (Å²) in [5.41, 5.74) is 2.36. The molecule has 3 rings (SSSR count). The van der Waals surface area contributed by atoms with Crippen molar-refractivity contribution in [3.8, 4) is 0 Å². The van der Waals surface area contributed by atoms with Crippen LogP contribution in [0.15, 0.2) is 36.7 Å². The molecule has 2 heterocycles. The molecule has 0 radical (unpaired) electrons. The molecule has 2 N–H and O–H groups in total. The molecule has 0 bridgehead atoms. The summed E-state index contributed by atoms with van der Waals surface area (Å²) < 4.78 is 0. The van der Waals surface area contributed by atoms with E-state index in [9.17, 15) is 0 Å². The van der Waals surface area contributed by atoms with Crippen LogP contribution in [0.4, 0.5) is 23.0 Å². The van der Waals surface area contributed by atoms with Crippen molar-refractivity contribution < 1.29 is 0 Å². The van der Waals surface area contributed by atoms with Gasteiger partial charge in [-0.25, -0.2) is 9.97 Å². The fourth-order valence-corrected chi connectivity index (χ4v) is 3.09. The molecule has 1 aromatic heterocycles. The average Bonchev–Trinajstić information content (AvgIpc) is 2.64. The number of unbranched alkanes of at least 4 members (excludes halogenated alkanes) is 1. The minimum Gasteiger partial charge on any atom is -0.372 e. The van der Waals surface area contributed by atoms with Gasteiger partial charge in [0.05, 0.1) is 0 Å². The van der Waals surface area contributed by atoms with Crippen molar-refractivity contribution in [1.82, 2.24) is 9.97 Å². The number of nitrogens with one attached hydrogen (secondary N) is 2. The van der Waals surface area contributed by atoms with Gasteiger partial charge >= 0.3 is 0 Å². The van der Waals surface area contributed by atoms with Gasteiger partial charge in [0.1, 0.15) is 18.0 Å². The second-order valence-electron chi connectivity index (χ2n) is 6.91. The van der Waals surface area contributed by atoms with Crippen molar-refractivity contribution in [3.05, 3.63) is 36.7 Å². The van der Waals surface area contributed by atoms with E-state index in [0.717, 1.165) is 49.3 Å². The molecule has 0 aliphatic carbocycles. The quantitative estimate of drug-likeness (QED) is 0.718. The molecule has 1 fully saturated rings. The lowest BCUT2D eigenvalue weighted by Gasteiger charge is -2.32. The fourth-order valence-electron chi connectivity index (χ4n) is 3.09. The molecule has 1 aromatic carbocycles. The Bertz CT molecular complexity index is 647. The fraction of sp³-hybridized carbons (Fsp3) is 0.500. The summed E-state index contributed by atoms with van der Waals surface area (Å²) in [5.74, 6) is 2.54. The molecule has 2 aromatic rings. The highest BCUT2D eigenvalue weighted by molar-refractivity contribution is 5.62. The summed E-state index contributed by atoms with van der Waals surface area (Å²) in [4.78, 5) is 11.1. The van der Waals surface area contributed by atoms with Gasteiger partial charge in [-0.2, -0.15) is 0 Å². The van der Waals surface area contributed by atoms with Gasteiger partial charge in [-0.3, -0.25) is 0 Å². The van der Waals surface area contributed by atoms with E-state index in [4.69, 9.17) is 0 Å². The van der Waals surface area contributed by atoms with Gasteiger partial charge in [0.25, 0.3) is 0 Å². The zero-order valence-corrected chi connectivity index (χ0v) is 15.3. The van der Waals surface area contributed by atoms with Crippen LogP contribution in [0.25, 0.3) is 0 Å². The van der Waals surface area contributed by atoms with E-state index in [1.54, 1.807) is 6.33 Å². The number of benzene rings is 1. The van der Waals surface area contributed by atoms with Gasteiger partial charge in [-0.1, -0.05) is 20.3 Å². The first-order chi connectivity index (χ1) is 12.2. The predicted octanol–water partition coefficient (Wildman–Crippen LogP) is 4.67. The third kappa shape index (κ3) is 5.08. The molecule has 25 heavy (non-hydrogen) atoms. The Labute approximate surface area is 150 Å². The van der Waals surface area contributed by atoms with Crippen LogP contribution in [-0.2, 0) is 0 Å². The topological polar surface area (TPSA) is 53.1 Å². The minimum absolute atomic E-state index is 0.813. The van der Waals surface area contributed by atoms with Gasteiger partial charge in [0, 0.05) is 37.1 Å². The van der Waals surface area contributed by atoms with E-state index in [1.165, 1.54) is 24.9 Å². The Kier molecular flexibility index (Phi) is 6.09. The summed E-state index contributed by atoms with van der Waals surface area (Å²) in [5, 5.41) is 6.69. The van der Waals surface area contributed by atoms with Gasteiger partial charge in [-0.15, -0.1) is 0 Å². The first-order valence-electron chi connectivity index (χ1n) is 9.42. The van der Waals surface area contributed by atoms with Crippen LogP contribution in [0.3, 0.4) is 0 Å². The molecule has 1 aliphatic heterocycles. The third-order valence-corrected chi connectivity index (χ3v) is 4.79. The number of rotatable bonds is 7. The number of anilines is 4. The van der Waals surface area contributed by atoms with Crippen LogP contribution in [0.1, 0.15) is 39.5 Å². The molecule has 5 heteroatoms. The molecule has 1 saturated heterocycles. The predicted molar refractivity (Wildman–Crippen MR) is 106 cm³/mol. The van der Waals surface area contributed by atoms with E-state index in [0.29, 0.717) is 0 Å². The number of nitrogens with zero attached hydrogens (tertiary/aromatic N) is 3. The molecule has 0 atom stereocenters. The maximum absolute atomic E-state index is 4.31. The summed E-state index contributed by atoms with van der Waals surface area (Å²) in [6, 6.07) is 10.6. The molecule has 0 amide bonds. The van der Waals surface area contributed by atoms with Crippen LogP contribution in [0.2, 0.25) is 0 Å². The monoisotopic (exact) mass is 339 g/mol. The number of aromatic nitrogens is 2. The zero-order valence-electron chi connectivity index (χ0n) is 15.3. The standard InChI is InChI=1S/C20H29N5/c1-3-4-11-21-19-14-20(23-15-22-19)24-17-5-7-18(8-6-17)25-12-9-16(2)10-13-25/h5-8,14-16H,3-4,9-13H2,1-2H3,(H2,21,22,23,24). The van der Waals surface area contributed by atoms with Crippen LogP contribution in [0.5, 0.6) is 0 Å². The largest absolute Gasteiger partial charge is 0.372 e. The Morgan fingerprint density at radius 1 is 1.08 bits per heavy atom. The van der Waals surface area contributed by atoms with Crippen LogP contribution < -0.4 is 15.5 Å². The molecule has 5 nitrogen and oxygen atoms in total. The van der Waals surface area contributed by atoms with Crippen LogP contribution >= 0.6 is 0 Å². The number of hydrogen-bond donors (Lipinski definition) is 2. The van der Waals surface area contributed by atoms with Crippen LogP contribution in [0, 0.1) is 5.92 Å². The van der Waals surface area contributed by atoms with Gasteiger partial charge in [0.2, 0.25) is 0 Å². The summed E-state index contributed by atoms with van der Waals surface area (Å²) in [6.07, 6.45) is 6.48. The van der Waals surface area contributed by atoms with Gasteiger partial charge in [-0.05, 0) is 49.4 Å². The molecule has 0 unspecified atom stereocenters. The Hall–Kier alpha value is -2.30. The van der Waals surface area contributed by atoms with E-state index < -0.39 is 0 Å². The lowest BCUT2D eigenvalue weighted by molar-refractivity contribution is 0.438. The normalized spacial score (nSPS) is 15.2. The average molecular weight is 339 g/mol. The lowest BCUT2D eigenvalue weighted by Crippen LogP contribution is -2.32. The van der Waals surface area contributed by atoms with Crippen molar-refractivity contribution in [3.63, 3.8) is 0 Å². The van der Waals surface area contributed by atoms with Crippen molar-refractivity contribution >= 4 is 23.0 Å². The van der Waals surface area contributed by atoms with E-state index in [1.807, 2.05) is 6.07 Å². The second-order valence-corrected chi connectivity index (χ2v) is 6.91. The van der Waals surface area contributed by atoms with Crippen molar-refractivity contribution in [2.45, 2.75) is 39.5 Å². The summed E-state index contributed by atoms with van der Waals surface area (Å²) >= 11 is 0. The van der Waals surface area contributed by atoms with Gasteiger partial charge in [0.15, 0.2) is 0 Å². The van der Waals surface area contributed by atoms with Crippen molar-refractivity contribution in [1.29, 1.82) is 0 Å². The van der Waals surface area contributed by atoms with Gasteiger partial charge < -0.3 is 15.5 Å². The highest BCUT2D eigenvalue weighted by Crippen LogP contribution is 2.25. The van der Waals surface area contributed by atoms with E-state index >= 15 is 0 Å². The van der Waals surface area contributed by atoms with E-state index in [2.05, 4.69) is 63.6 Å². The summed E-state index contributed by atoms with van der Waals surface area (Å²) in [6.45, 7) is 7.79. The van der Waals surface area contributed by atoms with Crippen molar-refractivity contribution in [2.75, 3.05) is 35.2 Å². The highest BCUT2D eigenvalue weighted by atomic mass is 15.1. The maximum atomic E-state index is 4.31. The number of piperidine rings is 1. The van der Waals surface area contributed by atoms with Crippen LogP contribution in [-0.4, -0.2) is 29.6 Å². The molecule has 0 saturated carbocycles. The maximum Gasteiger partial charge on any atom is 0.135 e. The number of hydrogen-bond acceptors (Lipinski definition) is 5. The Balaban J connectivity index is 1.58. The first-order valence-corrected chi connectivity index (χ1v) is 9.42. The minimum atomic E-state index is 0.813. The highest BCUT2D eigenvalue weighted by Gasteiger charge is 2.15. The molecular weight excluding hydrogens is 310 g/mol. The first kappa shape index (κ1) is 17.5.